The van der Waals surface area contributed by atoms with E-state index in [4.69, 9.17) is 0 Å². The number of guanidine groups is 2. The summed E-state index contributed by atoms with van der Waals surface area (Å²) in [6.45, 7) is 2.78. The Kier molecular flexibility index (Phi) is 5.16. The molecule has 10 heteroatoms. The van der Waals surface area contributed by atoms with Gasteiger partial charge in [0.2, 0.25) is 11.9 Å². The minimum absolute atomic E-state index is 0.418. The van der Waals surface area contributed by atoms with Gasteiger partial charge in [-0.3, -0.25) is 9.59 Å². The minimum Gasteiger partial charge on any atom is -0.353 e. The van der Waals surface area contributed by atoms with Gasteiger partial charge in [0.25, 0.3) is 0 Å². The van der Waals surface area contributed by atoms with Crippen LogP contribution in [0.5, 0.6) is 0 Å². The van der Waals surface area contributed by atoms with Crippen molar-refractivity contribution in [2.24, 2.45) is 20.2 Å². The number of benzene rings is 2. The number of aldehydes is 2. The van der Waals surface area contributed by atoms with E-state index in [9.17, 15) is 9.59 Å². The van der Waals surface area contributed by atoms with E-state index in [0.29, 0.717) is 69.5 Å². The Labute approximate surface area is 183 Å². The third kappa shape index (κ3) is 3.41. The number of nitrogens with one attached hydrogen (secondary N) is 4. The molecule has 0 bridgehead atoms. The second-order valence-corrected chi connectivity index (χ2v) is 7.23. The molecular weight excluding hydrogens is 408 g/mol. The summed E-state index contributed by atoms with van der Waals surface area (Å²) < 4.78 is 0. The van der Waals surface area contributed by atoms with Gasteiger partial charge in [0, 0.05) is 29.8 Å². The Bertz CT molecular complexity index is 1270. The lowest BCUT2D eigenvalue weighted by molar-refractivity contribution is 0.111. The zero-order chi connectivity index (χ0) is 21.9. The Hall–Kier alpha value is -4.34. The van der Waals surface area contributed by atoms with Gasteiger partial charge < -0.3 is 10.6 Å². The zero-order valence-electron chi connectivity index (χ0n) is 17.1. The van der Waals surface area contributed by atoms with E-state index in [0.717, 1.165) is 25.7 Å². The largest absolute Gasteiger partial charge is 0.353 e. The molecule has 1 aliphatic carbocycles. The third-order valence-electron chi connectivity index (χ3n) is 5.36. The molecule has 5 rings (SSSR count). The van der Waals surface area contributed by atoms with Crippen LogP contribution in [0.3, 0.4) is 0 Å². The molecule has 0 aromatic heterocycles. The van der Waals surface area contributed by atoms with Crippen molar-refractivity contribution in [3.05, 3.63) is 52.6 Å². The number of nitrogens with zero attached hydrogens (tertiary/aromatic N) is 4. The Balaban J connectivity index is 1.70. The molecule has 0 atom stereocenters. The topological polar surface area (TPSA) is 132 Å². The first-order valence-electron chi connectivity index (χ1n) is 10.2. The van der Waals surface area contributed by atoms with Crippen molar-refractivity contribution in [3.8, 4) is 0 Å². The lowest BCUT2D eigenvalue weighted by atomic mass is 9.83. The van der Waals surface area contributed by atoms with Crippen LogP contribution in [0.1, 0.15) is 31.8 Å². The number of carbonyl (C=O) groups is 2. The summed E-state index contributed by atoms with van der Waals surface area (Å²) in [5, 5.41) is 16.6. The van der Waals surface area contributed by atoms with Gasteiger partial charge in [-0.15, -0.1) is 0 Å². The Morgan fingerprint density at radius 1 is 0.844 bits per heavy atom. The highest BCUT2D eigenvalue weighted by molar-refractivity contribution is 6.55. The fourth-order valence-corrected chi connectivity index (χ4v) is 3.93. The van der Waals surface area contributed by atoms with Gasteiger partial charge in [-0.25, -0.2) is 20.8 Å². The van der Waals surface area contributed by atoms with Gasteiger partial charge in [0.1, 0.15) is 11.4 Å². The van der Waals surface area contributed by atoms with Crippen LogP contribution in [-0.2, 0) is 0 Å². The fraction of sp³-hybridized carbons (Fsp3) is 0.182. The molecule has 32 heavy (non-hydrogen) atoms. The first kappa shape index (κ1) is 19.6. The number of hydrazone groups is 2. The van der Waals surface area contributed by atoms with E-state index in [-0.39, 0.29) is 0 Å². The zero-order valence-corrected chi connectivity index (χ0v) is 17.1. The van der Waals surface area contributed by atoms with Crippen LogP contribution in [0.15, 0.2) is 50.5 Å². The highest BCUT2D eigenvalue weighted by atomic mass is 16.1. The summed E-state index contributed by atoms with van der Waals surface area (Å²) in [4.78, 5) is 32.9. The Morgan fingerprint density at radius 2 is 1.47 bits per heavy atom. The molecule has 0 saturated carbocycles. The number of carbonyl (C=O) groups excluding carboxylic acids is 2. The van der Waals surface area contributed by atoms with E-state index in [1.54, 1.807) is 12.2 Å². The number of fused-ring (bicyclic) bond motifs is 2. The molecule has 0 unspecified atom stereocenters. The minimum atomic E-state index is 0.418. The maximum atomic E-state index is 12.3. The lowest BCUT2D eigenvalue weighted by Gasteiger charge is -2.21. The highest BCUT2D eigenvalue weighted by Gasteiger charge is 2.27. The maximum Gasteiger partial charge on any atom is 0.212 e. The van der Waals surface area contributed by atoms with Crippen molar-refractivity contribution in [2.75, 3.05) is 26.2 Å². The molecule has 160 valence electrons. The summed E-state index contributed by atoms with van der Waals surface area (Å²) >= 11 is 0. The molecule has 2 aromatic carbocycles. The predicted molar refractivity (Wildman–Crippen MR) is 125 cm³/mol. The molecule has 3 aliphatic rings. The summed E-state index contributed by atoms with van der Waals surface area (Å²) in [6, 6.07) is 7.34. The molecule has 0 radical (unpaired) electrons. The summed E-state index contributed by atoms with van der Waals surface area (Å²) in [5.74, 6) is 1.10. The normalized spacial score (nSPS) is 19.2. The van der Waals surface area contributed by atoms with Crippen LogP contribution in [0.25, 0.3) is 16.8 Å². The predicted octanol–water partition coefficient (Wildman–Crippen LogP) is 0.649. The van der Waals surface area contributed by atoms with Crippen LogP contribution in [-0.4, -0.2) is 62.1 Å². The van der Waals surface area contributed by atoms with E-state index in [1.165, 1.54) is 0 Å². The fourth-order valence-electron chi connectivity index (χ4n) is 3.93. The van der Waals surface area contributed by atoms with Crippen molar-refractivity contribution in [1.29, 1.82) is 0 Å². The first-order chi connectivity index (χ1) is 15.8. The SMILES string of the molecule is O=Cc1c2c(c(C=O)c3ccccc13)C(=NNC1=NCCN1)C(=NNC1=NCCN1)C=C2. The van der Waals surface area contributed by atoms with E-state index < -0.39 is 0 Å². The van der Waals surface area contributed by atoms with E-state index in [2.05, 4.69) is 41.7 Å². The molecular formula is C22H20N8O2. The third-order valence-corrected chi connectivity index (χ3v) is 5.36. The van der Waals surface area contributed by atoms with Gasteiger partial charge in [-0.1, -0.05) is 30.3 Å². The molecule has 4 N–H and O–H groups in total. The van der Waals surface area contributed by atoms with Crippen molar-refractivity contribution in [1.82, 2.24) is 21.5 Å². The average molecular weight is 428 g/mol. The summed E-state index contributed by atoms with van der Waals surface area (Å²) in [6.07, 6.45) is 5.15. The highest BCUT2D eigenvalue weighted by Crippen LogP contribution is 2.33. The average Bonchev–Trinajstić information content (AvgIpc) is 3.54. The number of hydrogen-bond donors (Lipinski definition) is 4. The molecule has 0 saturated heterocycles. The van der Waals surface area contributed by atoms with Crippen LogP contribution in [0, 0.1) is 0 Å². The number of allylic oxidation sites excluding steroid dienone is 1. The van der Waals surface area contributed by atoms with Gasteiger partial charge in [0.15, 0.2) is 12.6 Å². The van der Waals surface area contributed by atoms with Crippen molar-refractivity contribution >= 4 is 52.8 Å². The first-order valence-corrected chi connectivity index (χ1v) is 10.2. The van der Waals surface area contributed by atoms with Crippen LogP contribution >= 0.6 is 0 Å². The van der Waals surface area contributed by atoms with Crippen molar-refractivity contribution in [2.45, 2.75) is 0 Å². The quantitative estimate of drug-likeness (QED) is 0.418. The van der Waals surface area contributed by atoms with Crippen molar-refractivity contribution < 1.29 is 9.59 Å². The van der Waals surface area contributed by atoms with Gasteiger partial charge >= 0.3 is 0 Å². The summed E-state index contributed by atoms with van der Waals surface area (Å²) in [5.41, 5.74) is 8.83. The summed E-state index contributed by atoms with van der Waals surface area (Å²) in [7, 11) is 0. The Morgan fingerprint density at radius 3 is 2.06 bits per heavy atom. The van der Waals surface area contributed by atoms with Gasteiger partial charge in [-0.2, -0.15) is 10.2 Å². The molecule has 0 amide bonds. The number of hydrogen-bond acceptors (Lipinski definition) is 10. The molecule has 0 fully saturated rings. The van der Waals surface area contributed by atoms with Crippen LogP contribution in [0.2, 0.25) is 0 Å². The van der Waals surface area contributed by atoms with Gasteiger partial charge in [-0.05, 0) is 22.4 Å². The monoisotopic (exact) mass is 428 g/mol. The lowest BCUT2D eigenvalue weighted by Crippen LogP contribution is -2.35. The maximum absolute atomic E-state index is 12.3. The molecule has 2 aromatic rings. The van der Waals surface area contributed by atoms with E-state index >= 15 is 0 Å². The van der Waals surface area contributed by atoms with Crippen LogP contribution < -0.4 is 21.5 Å². The molecule has 0 spiro atoms. The van der Waals surface area contributed by atoms with E-state index in [1.807, 2.05) is 24.3 Å². The van der Waals surface area contributed by atoms with Crippen LogP contribution in [0.4, 0.5) is 0 Å². The molecule has 2 aliphatic heterocycles. The smallest absolute Gasteiger partial charge is 0.212 e. The van der Waals surface area contributed by atoms with Crippen molar-refractivity contribution in [3.63, 3.8) is 0 Å². The second kappa shape index (κ2) is 8.42. The second-order valence-electron chi connectivity index (χ2n) is 7.23. The molecule has 10 nitrogen and oxygen atoms in total. The standard InChI is InChI=1S/C22H20N8O2/c31-11-16-13-3-1-2-4-14(13)17(12-32)19-15(16)5-6-18(27-29-21-23-7-8-24-21)20(19)28-30-22-25-9-10-26-22/h1-6,11-12H,7-10H2,(H2,23,24,29)(H2,25,26,30). The number of aliphatic imine (C=N–C) groups is 2. The molecule has 2 heterocycles. The van der Waals surface area contributed by atoms with Gasteiger partial charge in [0.05, 0.1) is 13.1 Å². The number of rotatable bonds is 4.